The van der Waals surface area contributed by atoms with Gasteiger partial charge in [-0.15, -0.1) is 0 Å². The van der Waals surface area contributed by atoms with Gasteiger partial charge in [0.1, 0.15) is 5.94 Å². The molecule has 18 heavy (non-hydrogen) atoms. The van der Waals surface area contributed by atoms with Crippen LogP contribution >= 0.6 is 0 Å². The van der Waals surface area contributed by atoms with Gasteiger partial charge < -0.3 is 4.74 Å². The Bertz CT molecular complexity index is 500. The molecule has 5 nitrogen and oxygen atoms in total. The number of allylic oxidation sites excluding steroid dienone is 2. The number of hydrogen-bond acceptors (Lipinski definition) is 5. The van der Waals surface area contributed by atoms with Crippen LogP contribution < -0.4 is 0 Å². The molecule has 1 aromatic rings. The second-order valence-corrected chi connectivity index (χ2v) is 3.09. The Balaban J connectivity index is 2.67. The Morgan fingerprint density at radius 1 is 1.50 bits per heavy atom. The maximum Gasteiger partial charge on any atom is 0.330 e. The summed E-state index contributed by atoms with van der Waals surface area (Å²) in [6, 6.07) is 5.22. The maximum atomic E-state index is 11.0. The van der Waals surface area contributed by atoms with Crippen molar-refractivity contribution in [2.24, 2.45) is 4.99 Å². The number of esters is 1. The third kappa shape index (κ3) is 5.01. The summed E-state index contributed by atoms with van der Waals surface area (Å²) < 4.78 is 4.67. The third-order valence-corrected chi connectivity index (χ3v) is 1.79. The van der Waals surface area contributed by atoms with Gasteiger partial charge in [0.2, 0.25) is 0 Å². The molecular formula is C13H12N2O3. The minimum absolute atomic E-state index is 0.133. The molecule has 0 bridgehead atoms. The molecule has 0 aromatic carbocycles. The highest BCUT2D eigenvalue weighted by molar-refractivity contribution is 5.95. The number of carbonyl (C=O) groups excluding carboxylic acids is 2. The smallest absolute Gasteiger partial charge is 0.330 e. The Morgan fingerprint density at radius 3 is 2.94 bits per heavy atom. The summed E-state index contributed by atoms with van der Waals surface area (Å²) in [5, 5.41) is 0. The predicted octanol–water partition coefficient (Wildman–Crippen LogP) is 1.66. The van der Waals surface area contributed by atoms with Gasteiger partial charge in [0.15, 0.2) is 5.82 Å². The summed E-state index contributed by atoms with van der Waals surface area (Å²) in [7, 11) is 0. The van der Waals surface area contributed by atoms with Gasteiger partial charge in [-0.1, -0.05) is 6.07 Å². The zero-order valence-electron chi connectivity index (χ0n) is 9.87. The van der Waals surface area contributed by atoms with Gasteiger partial charge in [0, 0.05) is 18.5 Å². The van der Waals surface area contributed by atoms with Crippen LogP contribution in [0.1, 0.15) is 6.92 Å². The van der Waals surface area contributed by atoms with Crippen LogP contribution in [0.15, 0.2) is 47.1 Å². The van der Waals surface area contributed by atoms with Crippen molar-refractivity contribution in [2.75, 3.05) is 6.61 Å². The van der Waals surface area contributed by atoms with Gasteiger partial charge in [-0.3, -0.25) is 0 Å². The SMILES string of the molecule is CCOC(=O)/C=C/C(=C=O)/C=N\c1ccccn1. The number of rotatable bonds is 5. The van der Waals surface area contributed by atoms with Crippen molar-refractivity contribution >= 4 is 23.9 Å². The van der Waals surface area contributed by atoms with Crippen LogP contribution in [0.25, 0.3) is 0 Å². The molecule has 0 fully saturated rings. The summed E-state index contributed by atoms with van der Waals surface area (Å²) >= 11 is 0. The van der Waals surface area contributed by atoms with Gasteiger partial charge in [-0.25, -0.2) is 19.6 Å². The molecule has 0 amide bonds. The van der Waals surface area contributed by atoms with Crippen molar-refractivity contribution in [3.63, 3.8) is 0 Å². The summed E-state index contributed by atoms with van der Waals surface area (Å²) in [5.74, 6) is 1.62. The highest BCUT2D eigenvalue weighted by Crippen LogP contribution is 2.04. The van der Waals surface area contributed by atoms with Crippen molar-refractivity contribution in [1.82, 2.24) is 4.98 Å². The Kier molecular flexibility index (Phi) is 5.80. The number of ether oxygens (including phenoxy) is 1. The molecule has 0 saturated carbocycles. The number of pyridine rings is 1. The van der Waals surface area contributed by atoms with Gasteiger partial charge >= 0.3 is 5.97 Å². The lowest BCUT2D eigenvalue weighted by molar-refractivity contribution is -0.137. The highest BCUT2D eigenvalue weighted by atomic mass is 16.5. The van der Waals surface area contributed by atoms with Gasteiger partial charge in [0.25, 0.3) is 0 Å². The first-order chi connectivity index (χ1) is 8.76. The topological polar surface area (TPSA) is 68.6 Å². The fraction of sp³-hybridized carbons (Fsp3) is 0.154. The van der Waals surface area contributed by atoms with Gasteiger partial charge in [-0.2, -0.15) is 0 Å². The number of nitrogens with zero attached hydrogens (tertiary/aromatic N) is 2. The van der Waals surface area contributed by atoms with Crippen molar-refractivity contribution in [1.29, 1.82) is 0 Å². The zero-order chi connectivity index (χ0) is 13.2. The maximum absolute atomic E-state index is 11.0. The van der Waals surface area contributed by atoms with Crippen LogP contribution in [-0.2, 0) is 14.3 Å². The van der Waals surface area contributed by atoms with E-state index in [1.54, 1.807) is 37.3 Å². The van der Waals surface area contributed by atoms with Crippen LogP contribution in [0.2, 0.25) is 0 Å². The lowest BCUT2D eigenvalue weighted by Crippen LogP contribution is -1.99. The second-order valence-electron chi connectivity index (χ2n) is 3.09. The lowest BCUT2D eigenvalue weighted by atomic mass is 10.3. The second kappa shape index (κ2) is 7.70. The van der Waals surface area contributed by atoms with Crippen LogP contribution in [0.4, 0.5) is 5.82 Å². The summed E-state index contributed by atoms with van der Waals surface area (Å²) in [4.78, 5) is 29.6. The molecule has 0 atom stereocenters. The average Bonchev–Trinajstić information content (AvgIpc) is 2.40. The molecule has 0 aliphatic heterocycles. The summed E-state index contributed by atoms with van der Waals surface area (Å²) in [6.45, 7) is 1.98. The summed E-state index contributed by atoms with van der Waals surface area (Å²) in [5.41, 5.74) is 0.133. The van der Waals surface area contributed by atoms with E-state index in [-0.39, 0.29) is 12.2 Å². The molecule has 5 heteroatoms. The van der Waals surface area contributed by atoms with Crippen molar-refractivity contribution in [3.05, 3.63) is 42.1 Å². The molecule has 92 valence electrons. The first kappa shape index (κ1) is 13.5. The van der Waals surface area contributed by atoms with Crippen LogP contribution in [0.3, 0.4) is 0 Å². The largest absolute Gasteiger partial charge is 0.463 e. The van der Waals surface area contributed by atoms with Crippen molar-refractivity contribution < 1.29 is 14.3 Å². The van der Waals surface area contributed by atoms with E-state index in [4.69, 9.17) is 0 Å². The van der Waals surface area contributed by atoms with Gasteiger partial charge in [-0.05, 0) is 25.1 Å². The summed E-state index contributed by atoms with van der Waals surface area (Å²) in [6.07, 6.45) is 5.31. The lowest BCUT2D eigenvalue weighted by Gasteiger charge is -1.93. The van der Waals surface area contributed by atoms with E-state index < -0.39 is 5.97 Å². The molecule has 0 aliphatic carbocycles. The Morgan fingerprint density at radius 2 is 2.33 bits per heavy atom. The van der Waals surface area contributed by atoms with E-state index in [9.17, 15) is 9.59 Å². The zero-order valence-corrected chi connectivity index (χ0v) is 9.87. The van der Waals surface area contributed by atoms with Crippen molar-refractivity contribution in [3.8, 4) is 0 Å². The number of hydrogen-bond donors (Lipinski definition) is 0. The van der Waals surface area contributed by atoms with E-state index in [0.717, 1.165) is 6.08 Å². The Hall–Kier alpha value is -2.52. The molecule has 1 heterocycles. The minimum atomic E-state index is -0.517. The van der Waals surface area contributed by atoms with Crippen molar-refractivity contribution in [2.45, 2.75) is 6.92 Å². The first-order valence-corrected chi connectivity index (χ1v) is 5.31. The average molecular weight is 244 g/mol. The normalized spacial score (nSPS) is 10.5. The van der Waals surface area contributed by atoms with Gasteiger partial charge in [0.05, 0.1) is 12.2 Å². The van der Waals surface area contributed by atoms with Crippen LogP contribution in [-0.4, -0.2) is 29.7 Å². The van der Waals surface area contributed by atoms with E-state index in [0.29, 0.717) is 5.82 Å². The van der Waals surface area contributed by atoms with E-state index in [1.165, 1.54) is 12.3 Å². The molecule has 0 radical (unpaired) electrons. The molecule has 0 saturated heterocycles. The Labute approximate surface area is 105 Å². The van der Waals surface area contributed by atoms with E-state index in [2.05, 4.69) is 14.7 Å². The quantitative estimate of drug-likeness (QED) is 0.260. The fourth-order valence-electron chi connectivity index (χ4n) is 1.02. The molecule has 1 rings (SSSR count). The minimum Gasteiger partial charge on any atom is -0.463 e. The highest BCUT2D eigenvalue weighted by Gasteiger charge is 1.95. The molecule has 0 aliphatic rings. The van der Waals surface area contributed by atoms with E-state index in [1.807, 2.05) is 0 Å². The van der Waals surface area contributed by atoms with Crippen LogP contribution in [0.5, 0.6) is 0 Å². The number of aliphatic imine (C=N–C) groups is 1. The molecule has 0 N–H and O–H groups in total. The monoisotopic (exact) mass is 244 g/mol. The molecule has 0 spiro atoms. The number of carbonyl (C=O) groups is 1. The molecular weight excluding hydrogens is 232 g/mol. The van der Waals surface area contributed by atoms with Crippen LogP contribution in [0, 0.1) is 0 Å². The third-order valence-electron chi connectivity index (χ3n) is 1.79. The molecule has 1 aromatic heterocycles. The first-order valence-electron chi connectivity index (χ1n) is 5.31. The van der Waals surface area contributed by atoms with E-state index >= 15 is 0 Å². The standard InChI is InChI=1S/C13H12N2O3/c1-2-18-13(17)7-6-11(10-16)9-15-12-5-3-4-8-14-12/h3-9H,2H2,1H3/b7-6+,15-9-. The number of aromatic nitrogens is 1. The fourth-order valence-corrected chi connectivity index (χ4v) is 1.02. The molecule has 0 unspecified atom stereocenters. The predicted molar refractivity (Wildman–Crippen MR) is 67.4 cm³/mol.